The van der Waals surface area contributed by atoms with Crippen LogP contribution in [0.5, 0.6) is 0 Å². The fraction of sp³-hybridized carbons (Fsp3) is 0.115. The molecule has 0 spiro atoms. The predicted molar refractivity (Wildman–Crippen MR) is 118 cm³/mol. The van der Waals surface area contributed by atoms with Crippen LogP contribution < -0.4 is 4.90 Å². The van der Waals surface area contributed by atoms with Gasteiger partial charge in [-0.3, -0.25) is 9.69 Å². The van der Waals surface area contributed by atoms with Crippen LogP contribution in [0, 0.1) is 12.7 Å². The van der Waals surface area contributed by atoms with Crippen LogP contribution in [0.3, 0.4) is 0 Å². The minimum atomic E-state index is -0.500. The molecule has 1 aliphatic heterocycles. The first-order valence-electron chi connectivity index (χ1n) is 9.84. The maximum atomic E-state index is 13.5. The van der Waals surface area contributed by atoms with E-state index in [1.807, 2.05) is 73.7 Å². The largest absolute Gasteiger partial charge is 0.503 e. The predicted octanol–water partition coefficient (Wildman–Crippen LogP) is 6.14. The van der Waals surface area contributed by atoms with Crippen molar-refractivity contribution in [1.82, 2.24) is 0 Å². The Hall–Kier alpha value is -3.66. The quantitative estimate of drug-likeness (QED) is 0.560. The summed E-state index contributed by atoms with van der Waals surface area (Å²) in [7, 11) is 0. The Balaban J connectivity index is 1.73. The summed E-state index contributed by atoms with van der Waals surface area (Å²) >= 11 is 0. The monoisotopic (exact) mass is 399 g/mol. The Bertz CT molecular complexity index is 1120. The van der Waals surface area contributed by atoms with Gasteiger partial charge >= 0.3 is 0 Å². The fourth-order valence-electron chi connectivity index (χ4n) is 3.79. The number of nitrogens with zero attached hydrogens (tertiary/aromatic N) is 1. The summed E-state index contributed by atoms with van der Waals surface area (Å²) in [6, 6.07) is 23.0. The number of rotatable bonds is 5. The van der Waals surface area contributed by atoms with E-state index in [1.165, 1.54) is 12.1 Å². The Kier molecular flexibility index (Phi) is 5.48. The van der Waals surface area contributed by atoms with Crippen molar-refractivity contribution in [2.75, 3.05) is 4.90 Å². The van der Waals surface area contributed by atoms with Gasteiger partial charge in [-0.05, 0) is 54.3 Å². The van der Waals surface area contributed by atoms with Crippen LogP contribution in [0.15, 0.2) is 96.3 Å². The Morgan fingerprint density at radius 3 is 2.43 bits per heavy atom. The fourth-order valence-corrected chi connectivity index (χ4v) is 3.79. The van der Waals surface area contributed by atoms with Crippen molar-refractivity contribution in [3.05, 3.63) is 119 Å². The highest BCUT2D eigenvalue weighted by atomic mass is 19.1. The number of benzene rings is 3. The zero-order valence-electron chi connectivity index (χ0n) is 16.6. The lowest BCUT2D eigenvalue weighted by atomic mass is 9.96. The third-order valence-corrected chi connectivity index (χ3v) is 5.23. The van der Waals surface area contributed by atoms with E-state index in [1.54, 1.807) is 17.0 Å². The van der Waals surface area contributed by atoms with E-state index in [4.69, 9.17) is 0 Å². The molecular formula is C26H22FNO2. The number of aryl methyl sites for hydroxylation is 1. The van der Waals surface area contributed by atoms with Crippen LogP contribution in [-0.2, 0) is 4.79 Å². The lowest BCUT2D eigenvalue weighted by Gasteiger charge is -2.27. The molecule has 0 radical (unpaired) electrons. The molecule has 1 unspecified atom stereocenters. The van der Waals surface area contributed by atoms with Gasteiger partial charge in [0.1, 0.15) is 5.82 Å². The number of hydrogen-bond donors (Lipinski definition) is 1. The minimum Gasteiger partial charge on any atom is -0.503 e. The van der Waals surface area contributed by atoms with Crippen LogP contribution in [0.25, 0.3) is 6.08 Å². The molecule has 4 heteroatoms. The molecule has 4 rings (SSSR count). The van der Waals surface area contributed by atoms with E-state index in [9.17, 15) is 14.3 Å². The SMILES string of the molecule is Cc1cccc(N2C(=O)C(O)=C(CC=Cc3ccccc3)C2c2ccc(F)cc2)c1. The molecule has 0 saturated carbocycles. The van der Waals surface area contributed by atoms with Gasteiger partial charge in [-0.1, -0.05) is 66.7 Å². The molecule has 0 fully saturated rings. The van der Waals surface area contributed by atoms with Gasteiger partial charge in [-0.15, -0.1) is 0 Å². The zero-order valence-corrected chi connectivity index (χ0v) is 16.6. The third-order valence-electron chi connectivity index (χ3n) is 5.23. The highest BCUT2D eigenvalue weighted by Gasteiger charge is 2.40. The summed E-state index contributed by atoms with van der Waals surface area (Å²) in [5.41, 5.74) is 4.09. The van der Waals surface area contributed by atoms with E-state index in [2.05, 4.69) is 0 Å². The molecule has 1 atom stereocenters. The first-order valence-corrected chi connectivity index (χ1v) is 9.84. The molecule has 0 saturated heterocycles. The van der Waals surface area contributed by atoms with Crippen LogP contribution >= 0.6 is 0 Å². The second-order valence-corrected chi connectivity index (χ2v) is 7.36. The van der Waals surface area contributed by atoms with Gasteiger partial charge in [0.25, 0.3) is 5.91 Å². The van der Waals surface area contributed by atoms with Gasteiger partial charge < -0.3 is 5.11 Å². The molecule has 3 aromatic rings. The Labute approximate surface area is 175 Å². The van der Waals surface area contributed by atoms with Crippen LogP contribution in [-0.4, -0.2) is 11.0 Å². The lowest BCUT2D eigenvalue weighted by molar-refractivity contribution is -0.117. The molecular weight excluding hydrogens is 377 g/mol. The maximum Gasteiger partial charge on any atom is 0.293 e. The molecule has 30 heavy (non-hydrogen) atoms. The van der Waals surface area contributed by atoms with Crippen molar-refractivity contribution in [2.24, 2.45) is 0 Å². The van der Waals surface area contributed by atoms with Crippen LogP contribution in [0.1, 0.15) is 29.2 Å². The smallest absolute Gasteiger partial charge is 0.293 e. The van der Waals surface area contributed by atoms with Crippen molar-refractivity contribution < 1.29 is 14.3 Å². The molecule has 1 heterocycles. The zero-order chi connectivity index (χ0) is 21.1. The number of allylic oxidation sites excluding steroid dienone is 1. The highest BCUT2D eigenvalue weighted by Crippen LogP contribution is 2.42. The highest BCUT2D eigenvalue weighted by molar-refractivity contribution is 6.08. The number of aliphatic hydroxyl groups excluding tert-OH is 1. The number of hydrogen-bond acceptors (Lipinski definition) is 2. The van der Waals surface area contributed by atoms with Gasteiger partial charge in [0, 0.05) is 11.3 Å². The number of carbonyl (C=O) groups excluding carboxylic acids is 1. The van der Waals surface area contributed by atoms with Crippen LogP contribution in [0.2, 0.25) is 0 Å². The first-order chi connectivity index (χ1) is 14.5. The molecule has 150 valence electrons. The van der Waals surface area contributed by atoms with Crippen molar-refractivity contribution in [3.63, 3.8) is 0 Å². The van der Waals surface area contributed by atoms with Gasteiger partial charge in [0.05, 0.1) is 6.04 Å². The Morgan fingerprint density at radius 1 is 1.00 bits per heavy atom. The summed E-state index contributed by atoms with van der Waals surface area (Å²) in [4.78, 5) is 14.6. The van der Waals surface area contributed by atoms with E-state index in [0.717, 1.165) is 16.7 Å². The number of halogens is 1. The van der Waals surface area contributed by atoms with Gasteiger partial charge in [-0.2, -0.15) is 0 Å². The molecule has 0 aliphatic carbocycles. The maximum absolute atomic E-state index is 13.5. The lowest BCUT2D eigenvalue weighted by Crippen LogP contribution is -2.30. The topological polar surface area (TPSA) is 40.5 Å². The first kappa shape index (κ1) is 19.6. The van der Waals surface area contributed by atoms with Crippen molar-refractivity contribution in [1.29, 1.82) is 0 Å². The molecule has 0 aromatic heterocycles. The summed E-state index contributed by atoms with van der Waals surface area (Å²) in [5.74, 6) is -1.04. The summed E-state index contributed by atoms with van der Waals surface area (Å²) < 4.78 is 13.5. The van der Waals surface area contributed by atoms with Crippen LogP contribution in [0.4, 0.5) is 10.1 Å². The summed E-state index contributed by atoms with van der Waals surface area (Å²) in [6.45, 7) is 1.95. The molecule has 3 nitrogen and oxygen atoms in total. The van der Waals surface area contributed by atoms with Gasteiger partial charge in [0.2, 0.25) is 0 Å². The number of aliphatic hydroxyl groups is 1. The van der Waals surface area contributed by atoms with Crippen molar-refractivity contribution in [3.8, 4) is 0 Å². The van der Waals surface area contributed by atoms with Gasteiger partial charge in [-0.25, -0.2) is 4.39 Å². The third kappa shape index (κ3) is 3.90. The van der Waals surface area contributed by atoms with Crippen molar-refractivity contribution >= 4 is 17.7 Å². The van der Waals surface area contributed by atoms with E-state index < -0.39 is 11.9 Å². The Morgan fingerprint density at radius 2 is 1.73 bits per heavy atom. The van der Waals surface area contributed by atoms with E-state index >= 15 is 0 Å². The summed E-state index contributed by atoms with van der Waals surface area (Å²) in [5, 5.41) is 10.7. The molecule has 1 N–H and O–H groups in total. The normalized spacial score (nSPS) is 16.7. The van der Waals surface area contributed by atoms with Gasteiger partial charge in [0.15, 0.2) is 5.76 Å². The molecule has 1 aliphatic rings. The van der Waals surface area contributed by atoms with Crippen molar-refractivity contribution in [2.45, 2.75) is 19.4 Å². The molecule has 3 aromatic carbocycles. The average molecular weight is 399 g/mol. The molecule has 0 bridgehead atoms. The minimum absolute atomic E-state index is 0.247. The van der Waals surface area contributed by atoms with E-state index in [-0.39, 0.29) is 11.6 Å². The standard InChI is InChI=1S/C26H22FNO2/c1-18-7-5-11-22(17-18)28-24(20-13-15-21(27)16-14-20)23(25(29)26(28)30)12-6-10-19-8-3-2-4-9-19/h2-11,13-17,24,29H,12H2,1H3. The second kappa shape index (κ2) is 8.37. The number of carbonyl (C=O) groups is 1. The molecule has 1 amide bonds. The average Bonchev–Trinajstić information content (AvgIpc) is 3.00. The summed E-state index contributed by atoms with van der Waals surface area (Å²) in [6.07, 6.45) is 4.29. The van der Waals surface area contributed by atoms with E-state index in [0.29, 0.717) is 17.7 Å². The number of anilines is 1. The second-order valence-electron chi connectivity index (χ2n) is 7.36. The number of amides is 1.